The van der Waals surface area contributed by atoms with E-state index in [-0.39, 0.29) is 11.9 Å². The van der Waals surface area contributed by atoms with Crippen molar-refractivity contribution in [1.82, 2.24) is 0 Å². The van der Waals surface area contributed by atoms with Crippen molar-refractivity contribution >= 4 is 11.9 Å². The molecule has 0 bridgehead atoms. The standard InChI is InChI=1S/C38H74O4/c1-4-7-9-11-24-28-34-41-37(39)31-27-23-21-19-17-15-13-14-16-18-20-22-26-30-36(6-3)32-33-38(40)42-35-29-25-12-10-8-5-2/h36H,4-35H2,1-3H3. The van der Waals surface area contributed by atoms with Gasteiger partial charge < -0.3 is 9.47 Å². The minimum Gasteiger partial charge on any atom is -0.466 e. The Labute approximate surface area is 263 Å². The van der Waals surface area contributed by atoms with Gasteiger partial charge in [-0.25, -0.2) is 0 Å². The predicted octanol–water partition coefficient (Wildman–Crippen LogP) is 12.5. The first kappa shape index (κ1) is 40.9. The van der Waals surface area contributed by atoms with Gasteiger partial charge in [-0.1, -0.05) is 175 Å². The van der Waals surface area contributed by atoms with E-state index in [1.807, 2.05) is 0 Å². The van der Waals surface area contributed by atoms with Gasteiger partial charge in [-0.3, -0.25) is 9.59 Å². The molecule has 0 radical (unpaired) electrons. The molecule has 4 heteroatoms. The SMILES string of the molecule is CCCCCCCCOC(=O)CCCCCCCCCCCCCCCC(CC)CCC(=O)OCCCCCCCC. The number of carbonyl (C=O) groups is 2. The van der Waals surface area contributed by atoms with Gasteiger partial charge in [0.2, 0.25) is 0 Å². The van der Waals surface area contributed by atoms with Crippen LogP contribution >= 0.6 is 0 Å². The Balaban J connectivity index is 3.37. The topological polar surface area (TPSA) is 52.6 Å². The first-order valence-electron chi connectivity index (χ1n) is 18.9. The molecule has 1 atom stereocenters. The highest BCUT2D eigenvalue weighted by Gasteiger charge is 2.10. The molecule has 0 aliphatic heterocycles. The Morgan fingerprint density at radius 2 is 0.762 bits per heavy atom. The van der Waals surface area contributed by atoms with Crippen molar-refractivity contribution in [3.05, 3.63) is 0 Å². The number of rotatable bonds is 34. The third-order valence-electron chi connectivity index (χ3n) is 8.85. The number of hydrogen-bond acceptors (Lipinski definition) is 4. The molecular formula is C38H74O4. The lowest BCUT2D eigenvalue weighted by Crippen LogP contribution is -2.09. The summed E-state index contributed by atoms with van der Waals surface area (Å²) in [5, 5.41) is 0. The van der Waals surface area contributed by atoms with E-state index >= 15 is 0 Å². The summed E-state index contributed by atoms with van der Waals surface area (Å²) in [7, 11) is 0. The van der Waals surface area contributed by atoms with E-state index in [9.17, 15) is 9.59 Å². The lowest BCUT2D eigenvalue weighted by Gasteiger charge is -2.14. The van der Waals surface area contributed by atoms with Gasteiger partial charge in [0.05, 0.1) is 13.2 Å². The molecule has 0 fully saturated rings. The maximum atomic E-state index is 12.0. The van der Waals surface area contributed by atoms with Crippen LogP contribution in [0.5, 0.6) is 0 Å². The lowest BCUT2D eigenvalue weighted by atomic mass is 9.93. The Kier molecular flexibility index (Phi) is 33.6. The van der Waals surface area contributed by atoms with Crippen LogP contribution in [-0.2, 0) is 19.1 Å². The Bertz CT molecular complexity index is 561. The molecule has 0 amide bonds. The highest BCUT2D eigenvalue weighted by molar-refractivity contribution is 5.69. The highest BCUT2D eigenvalue weighted by atomic mass is 16.5. The molecule has 1 unspecified atom stereocenters. The summed E-state index contributed by atoms with van der Waals surface area (Å²) in [5.74, 6) is 0.693. The van der Waals surface area contributed by atoms with Gasteiger partial charge in [0.1, 0.15) is 0 Å². The number of carbonyl (C=O) groups excluding carboxylic acids is 2. The van der Waals surface area contributed by atoms with Crippen LogP contribution in [0.3, 0.4) is 0 Å². The summed E-state index contributed by atoms with van der Waals surface area (Å²) in [4.78, 5) is 23.9. The van der Waals surface area contributed by atoms with Gasteiger partial charge in [0.25, 0.3) is 0 Å². The summed E-state index contributed by atoms with van der Waals surface area (Å²) >= 11 is 0. The second-order valence-corrected chi connectivity index (χ2v) is 12.9. The number of esters is 2. The summed E-state index contributed by atoms with van der Waals surface area (Å²) in [6, 6.07) is 0. The third kappa shape index (κ3) is 31.9. The molecule has 0 spiro atoms. The van der Waals surface area contributed by atoms with E-state index in [0.717, 1.165) is 32.1 Å². The van der Waals surface area contributed by atoms with Crippen LogP contribution < -0.4 is 0 Å². The monoisotopic (exact) mass is 595 g/mol. The molecule has 0 aliphatic rings. The maximum absolute atomic E-state index is 12.0. The maximum Gasteiger partial charge on any atom is 0.305 e. The van der Waals surface area contributed by atoms with Gasteiger partial charge in [0.15, 0.2) is 0 Å². The minimum atomic E-state index is 0.00433. The van der Waals surface area contributed by atoms with Gasteiger partial charge in [0, 0.05) is 12.8 Å². The van der Waals surface area contributed by atoms with Crippen LogP contribution in [0, 0.1) is 5.92 Å². The van der Waals surface area contributed by atoms with Crippen molar-refractivity contribution in [1.29, 1.82) is 0 Å². The molecule has 0 saturated heterocycles. The minimum absolute atomic E-state index is 0.00433. The van der Waals surface area contributed by atoms with Crippen molar-refractivity contribution < 1.29 is 19.1 Å². The molecule has 0 heterocycles. The van der Waals surface area contributed by atoms with Crippen molar-refractivity contribution in [3.8, 4) is 0 Å². The summed E-state index contributed by atoms with van der Waals surface area (Å²) < 4.78 is 10.8. The van der Waals surface area contributed by atoms with Crippen LogP contribution in [0.2, 0.25) is 0 Å². The van der Waals surface area contributed by atoms with Crippen LogP contribution in [0.4, 0.5) is 0 Å². The fourth-order valence-electron chi connectivity index (χ4n) is 5.80. The van der Waals surface area contributed by atoms with Crippen molar-refractivity contribution in [2.24, 2.45) is 5.92 Å². The fraction of sp³-hybridized carbons (Fsp3) is 0.947. The normalized spacial score (nSPS) is 12.0. The van der Waals surface area contributed by atoms with Crippen molar-refractivity contribution in [2.45, 2.75) is 213 Å². The van der Waals surface area contributed by atoms with E-state index in [4.69, 9.17) is 9.47 Å². The molecule has 0 aliphatic carbocycles. The lowest BCUT2D eigenvalue weighted by molar-refractivity contribution is -0.145. The zero-order valence-electron chi connectivity index (χ0n) is 28.8. The first-order chi connectivity index (χ1) is 20.6. The van der Waals surface area contributed by atoms with Crippen molar-refractivity contribution in [2.75, 3.05) is 13.2 Å². The zero-order valence-corrected chi connectivity index (χ0v) is 28.8. The van der Waals surface area contributed by atoms with Gasteiger partial charge in [-0.2, -0.15) is 0 Å². The molecule has 0 saturated carbocycles. The highest BCUT2D eigenvalue weighted by Crippen LogP contribution is 2.21. The van der Waals surface area contributed by atoms with E-state index in [2.05, 4.69) is 20.8 Å². The van der Waals surface area contributed by atoms with E-state index in [1.54, 1.807) is 0 Å². The number of ether oxygens (including phenoxy) is 2. The molecule has 4 nitrogen and oxygen atoms in total. The number of unbranched alkanes of at least 4 members (excludes halogenated alkanes) is 22. The van der Waals surface area contributed by atoms with Gasteiger partial charge in [-0.15, -0.1) is 0 Å². The average Bonchev–Trinajstić information content (AvgIpc) is 2.99. The summed E-state index contributed by atoms with van der Waals surface area (Å²) in [6.45, 7) is 7.96. The van der Waals surface area contributed by atoms with Crippen LogP contribution in [0.15, 0.2) is 0 Å². The first-order valence-corrected chi connectivity index (χ1v) is 18.9. The predicted molar refractivity (Wildman–Crippen MR) is 181 cm³/mol. The third-order valence-corrected chi connectivity index (χ3v) is 8.85. The Morgan fingerprint density at radius 1 is 0.405 bits per heavy atom. The molecule has 0 aromatic rings. The summed E-state index contributed by atoms with van der Waals surface area (Å²) in [6.07, 6.45) is 36.3. The molecule has 0 rings (SSSR count). The number of hydrogen-bond donors (Lipinski definition) is 0. The van der Waals surface area contributed by atoms with E-state index in [0.29, 0.717) is 32.0 Å². The van der Waals surface area contributed by atoms with E-state index in [1.165, 1.54) is 148 Å². The Morgan fingerprint density at radius 3 is 1.19 bits per heavy atom. The molecule has 42 heavy (non-hydrogen) atoms. The molecule has 0 aromatic carbocycles. The zero-order chi connectivity index (χ0) is 30.8. The molecule has 250 valence electrons. The van der Waals surface area contributed by atoms with Crippen LogP contribution in [0.25, 0.3) is 0 Å². The smallest absolute Gasteiger partial charge is 0.305 e. The fourth-order valence-corrected chi connectivity index (χ4v) is 5.80. The molecule has 0 N–H and O–H groups in total. The second kappa shape index (κ2) is 34.4. The summed E-state index contributed by atoms with van der Waals surface area (Å²) in [5.41, 5.74) is 0. The Hall–Kier alpha value is -1.06. The van der Waals surface area contributed by atoms with Crippen LogP contribution in [0.1, 0.15) is 213 Å². The van der Waals surface area contributed by atoms with Gasteiger partial charge in [-0.05, 0) is 31.6 Å². The molecular weight excluding hydrogens is 520 g/mol. The van der Waals surface area contributed by atoms with Crippen LogP contribution in [-0.4, -0.2) is 25.2 Å². The average molecular weight is 595 g/mol. The van der Waals surface area contributed by atoms with Gasteiger partial charge >= 0.3 is 11.9 Å². The second-order valence-electron chi connectivity index (χ2n) is 12.9. The van der Waals surface area contributed by atoms with Crippen molar-refractivity contribution in [3.63, 3.8) is 0 Å². The largest absolute Gasteiger partial charge is 0.466 e. The van der Waals surface area contributed by atoms with E-state index < -0.39 is 0 Å². The quantitative estimate of drug-likeness (QED) is 0.0549. The molecule has 0 aromatic heterocycles.